The van der Waals surface area contributed by atoms with Gasteiger partial charge in [-0.25, -0.2) is 0 Å². The third-order valence-corrected chi connectivity index (χ3v) is 4.85. The van der Waals surface area contributed by atoms with Gasteiger partial charge in [-0.05, 0) is 35.4 Å². The van der Waals surface area contributed by atoms with E-state index in [2.05, 4.69) is 39.0 Å². The molecule has 1 aliphatic heterocycles. The van der Waals surface area contributed by atoms with Crippen molar-refractivity contribution in [1.29, 1.82) is 0 Å². The number of amides is 1. The fraction of sp³-hybridized carbons (Fsp3) is 0.350. The lowest BCUT2D eigenvalue weighted by atomic mass is 10.1. The van der Waals surface area contributed by atoms with Gasteiger partial charge in [-0.3, -0.25) is 9.69 Å². The van der Waals surface area contributed by atoms with Crippen LogP contribution in [0.2, 0.25) is 0 Å². The Bertz CT molecular complexity index is 748. The molecular formula is C20H23BrN2O2. The van der Waals surface area contributed by atoms with E-state index in [1.807, 2.05) is 30.3 Å². The minimum absolute atomic E-state index is 0.0378. The van der Waals surface area contributed by atoms with Crippen LogP contribution in [-0.4, -0.2) is 49.5 Å². The Labute approximate surface area is 157 Å². The van der Waals surface area contributed by atoms with Gasteiger partial charge < -0.3 is 9.64 Å². The number of morpholine rings is 1. The summed E-state index contributed by atoms with van der Waals surface area (Å²) in [6.07, 6.45) is 0.0813. The fourth-order valence-electron chi connectivity index (χ4n) is 3.07. The van der Waals surface area contributed by atoms with Gasteiger partial charge in [0.2, 0.25) is 0 Å². The van der Waals surface area contributed by atoms with E-state index in [4.69, 9.17) is 4.74 Å². The van der Waals surface area contributed by atoms with Crippen molar-refractivity contribution in [2.24, 2.45) is 0 Å². The first-order valence-corrected chi connectivity index (χ1v) is 9.22. The van der Waals surface area contributed by atoms with Crippen LogP contribution in [0.5, 0.6) is 0 Å². The van der Waals surface area contributed by atoms with Gasteiger partial charge in [0.15, 0.2) is 0 Å². The van der Waals surface area contributed by atoms with E-state index in [-0.39, 0.29) is 12.0 Å². The number of halogens is 1. The second-order valence-corrected chi connectivity index (χ2v) is 7.47. The van der Waals surface area contributed by atoms with E-state index in [1.165, 1.54) is 5.56 Å². The Kier molecular flexibility index (Phi) is 5.89. The summed E-state index contributed by atoms with van der Waals surface area (Å²) >= 11 is 3.53. The summed E-state index contributed by atoms with van der Waals surface area (Å²) in [6.45, 7) is 3.29. The number of carbonyl (C=O) groups is 1. The van der Waals surface area contributed by atoms with Crippen molar-refractivity contribution in [1.82, 2.24) is 9.80 Å². The van der Waals surface area contributed by atoms with Crippen molar-refractivity contribution in [2.75, 3.05) is 33.8 Å². The van der Waals surface area contributed by atoms with Crippen LogP contribution in [0.15, 0.2) is 53.0 Å². The quantitative estimate of drug-likeness (QED) is 0.780. The van der Waals surface area contributed by atoms with E-state index in [1.54, 1.807) is 19.0 Å². The second-order valence-electron chi connectivity index (χ2n) is 6.55. The number of hydrogen-bond acceptors (Lipinski definition) is 3. The largest absolute Gasteiger partial charge is 0.371 e. The van der Waals surface area contributed by atoms with Crippen LogP contribution in [-0.2, 0) is 11.3 Å². The Hall–Kier alpha value is -1.69. The number of ether oxygens (including phenoxy) is 1. The summed E-state index contributed by atoms with van der Waals surface area (Å²) in [6, 6.07) is 16.2. The van der Waals surface area contributed by atoms with Crippen LogP contribution in [0.4, 0.5) is 0 Å². The van der Waals surface area contributed by atoms with Crippen molar-refractivity contribution in [3.63, 3.8) is 0 Å². The van der Waals surface area contributed by atoms with Crippen LogP contribution in [0.1, 0.15) is 27.6 Å². The summed E-state index contributed by atoms with van der Waals surface area (Å²) in [5.74, 6) is 0.0378. The molecule has 3 rings (SSSR count). The smallest absolute Gasteiger partial charge is 0.253 e. The van der Waals surface area contributed by atoms with Crippen molar-refractivity contribution in [3.8, 4) is 0 Å². The van der Waals surface area contributed by atoms with E-state index in [0.29, 0.717) is 6.61 Å². The van der Waals surface area contributed by atoms with Gasteiger partial charge in [-0.1, -0.05) is 40.2 Å². The molecule has 1 heterocycles. The molecule has 1 amide bonds. The molecule has 132 valence electrons. The Morgan fingerprint density at radius 1 is 1.24 bits per heavy atom. The molecule has 1 aliphatic rings. The van der Waals surface area contributed by atoms with Gasteiger partial charge in [0.05, 0.1) is 12.7 Å². The number of rotatable bonds is 4. The van der Waals surface area contributed by atoms with Crippen molar-refractivity contribution in [2.45, 2.75) is 12.6 Å². The Balaban J connectivity index is 1.69. The lowest BCUT2D eigenvalue weighted by Gasteiger charge is -2.33. The highest BCUT2D eigenvalue weighted by atomic mass is 79.9. The van der Waals surface area contributed by atoms with Gasteiger partial charge in [-0.2, -0.15) is 0 Å². The zero-order valence-corrected chi connectivity index (χ0v) is 16.2. The molecule has 0 aliphatic carbocycles. The predicted octanol–water partition coefficient (Wildman–Crippen LogP) is 3.72. The van der Waals surface area contributed by atoms with E-state index in [0.717, 1.165) is 35.2 Å². The minimum atomic E-state index is 0.0378. The van der Waals surface area contributed by atoms with Crippen LogP contribution < -0.4 is 0 Å². The Morgan fingerprint density at radius 3 is 2.80 bits per heavy atom. The molecule has 25 heavy (non-hydrogen) atoms. The number of carbonyl (C=O) groups excluding carboxylic acids is 1. The average Bonchev–Trinajstić information content (AvgIpc) is 2.61. The molecule has 1 atom stereocenters. The second kappa shape index (κ2) is 8.13. The van der Waals surface area contributed by atoms with E-state index in [9.17, 15) is 4.79 Å². The van der Waals surface area contributed by atoms with Gasteiger partial charge in [0.1, 0.15) is 0 Å². The number of nitrogens with zero attached hydrogens (tertiary/aromatic N) is 2. The van der Waals surface area contributed by atoms with Gasteiger partial charge in [-0.15, -0.1) is 0 Å². The summed E-state index contributed by atoms with van der Waals surface area (Å²) in [7, 11) is 3.55. The zero-order valence-electron chi connectivity index (χ0n) is 14.6. The molecule has 0 aromatic heterocycles. The van der Waals surface area contributed by atoms with Crippen LogP contribution in [0.3, 0.4) is 0 Å². The lowest BCUT2D eigenvalue weighted by molar-refractivity contribution is -0.0329. The number of hydrogen-bond donors (Lipinski definition) is 0. The van der Waals surface area contributed by atoms with Gasteiger partial charge >= 0.3 is 0 Å². The first-order chi connectivity index (χ1) is 12.0. The SMILES string of the molecule is CN(C)C(=O)c1cccc(CN2CCOC(c3cccc(Br)c3)C2)c1. The molecule has 4 nitrogen and oxygen atoms in total. The number of benzene rings is 2. The highest BCUT2D eigenvalue weighted by Crippen LogP contribution is 2.25. The first kappa shape index (κ1) is 18.1. The molecule has 0 bridgehead atoms. The molecule has 0 saturated carbocycles. The van der Waals surface area contributed by atoms with Crippen LogP contribution in [0.25, 0.3) is 0 Å². The van der Waals surface area contributed by atoms with Crippen LogP contribution >= 0.6 is 15.9 Å². The maximum absolute atomic E-state index is 12.1. The van der Waals surface area contributed by atoms with E-state index >= 15 is 0 Å². The molecule has 1 saturated heterocycles. The van der Waals surface area contributed by atoms with Crippen LogP contribution in [0, 0.1) is 0 Å². The third-order valence-electron chi connectivity index (χ3n) is 4.36. The maximum Gasteiger partial charge on any atom is 0.253 e. The first-order valence-electron chi connectivity index (χ1n) is 8.43. The van der Waals surface area contributed by atoms with E-state index < -0.39 is 0 Å². The summed E-state index contributed by atoms with van der Waals surface area (Å²) in [5, 5.41) is 0. The molecule has 2 aromatic carbocycles. The lowest BCUT2D eigenvalue weighted by Crippen LogP contribution is -2.37. The molecule has 1 unspecified atom stereocenters. The Morgan fingerprint density at radius 2 is 2.04 bits per heavy atom. The summed E-state index contributed by atoms with van der Waals surface area (Å²) in [5.41, 5.74) is 3.08. The molecular weight excluding hydrogens is 380 g/mol. The average molecular weight is 403 g/mol. The highest BCUT2D eigenvalue weighted by Gasteiger charge is 2.22. The zero-order chi connectivity index (χ0) is 17.8. The molecule has 2 aromatic rings. The molecule has 5 heteroatoms. The summed E-state index contributed by atoms with van der Waals surface area (Å²) < 4.78 is 7.03. The molecule has 0 spiro atoms. The minimum Gasteiger partial charge on any atom is -0.371 e. The van der Waals surface area contributed by atoms with Gasteiger partial charge in [0, 0.05) is 43.8 Å². The standard InChI is InChI=1S/C20H23BrN2O2/c1-22(2)20(24)17-7-3-5-15(11-17)13-23-9-10-25-19(14-23)16-6-4-8-18(21)12-16/h3-8,11-12,19H,9-10,13-14H2,1-2H3. The van der Waals surface area contributed by atoms with Crippen molar-refractivity contribution >= 4 is 21.8 Å². The fourth-order valence-corrected chi connectivity index (χ4v) is 3.49. The molecule has 0 radical (unpaired) electrons. The third kappa shape index (κ3) is 4.69. The maximum atomic E-state index is 12.1. The predicted molar refractivity (Wildman–Crippen MR) is 103 cm³/mol. The highest BCUT2D eigenvalue weighted by molar-refractivity contribution is 9.10. The van der Waals surface area contributed by atoms with Crippen molar-refractivity contribution in [3.05, 3.63) is 69.7 Å². The topological polar surface area (TPSA) is 32.8 Å². The van der Waals surface area contributed by atoms with Gasteiger partial charge in [0.25, 0.3) is 5.91 Å². The molecule has 0 N–H and O–H groups in total. The monoisotopic (exact) mass is 402 g/mol. The molecule has 1 fully saturated rings. The summed E-state index contributed by atoms with van der Waals surface area (Å²) in [4.78, 5) is 16.1. The van der Waals surface area contributed by atoms with Crippen molar-refractivity contribution < 1.29 is 9.53 Å². The normalized spacial score (nSPS) is 18.1.